The standard InChI is InChI=1S/C14H30N2O/c1-4-5-6-7-8-15-9-10-16-11-13(2)17-14(3)12-16/h13-15H,4-12H2,1-3H3/t13-,14+. The van der Waals surface area contributed by atoms with Crippen molar-refractivity contribution in [2.75, 3.05) is 32.7 Å². The van der Waals surface area contributed by atoms with Crippen LogP contribution in [0.25, 0.3) is 0 Å². The lowest BCUT2D eigenvalue weighted by Crippen LogP contribution is -2.47. The van der Waals surface area contributed by atoms with Crippen molar-refractivity contribution in [3.8, 4) is 0 Å². The third-order valence-electron chi connectivity index (χ3n) is 3.31. The van der Waals surface area contributed by atoms with Crippen molar-refractivity contribution in [1.82, 2.24) is 10.2 Å². The fourth-order valence-corrected chi connectivity index (χ4v) is 2.51. The molecular weight excluding hydrogens is 212 g/mol. The first-order chi connectivity index (χ1) is 8.22. The molecule has 3 nitrogen and oxygen atoms in total. The van der Waals surface area contributed by atoms with Gasteiger partial charge < -0.3 is 10.1 Å². The highest BCUT2D eigenvalue weighted by molar-refractivity contribution is 4.73. The van der Waals surface area contributed by atoms with Gasteiger partial charge in [-0.15, -0.1) is 0 Å². The van der Waals surface area contributed by atoms with Gasteiger partial charge in [-0.25, -0.2) is 0 Å². The summed E-state index contributed by atoms with van der Waals surface area (Å²) in [5.41, 5.74) is 0. The van der Waals surface area contributed by atoms with E-state index in [0.29, 0.717) is 12.2 Å². The number of ether oxygens (including phenoxy) is 1. The van der Waals surface area contributed by atoms with Gasteiger partial charge >= 0.3 is 0 Å². The second kappa shape index (κ2) is 8.90. The van der Waals surface area contributed by atoms with Gasteiger partial charge in [0, 0.05) is 26.2 Å². The van der Waals surface area contributed by atoms with Crippen molar-refractivity contribution in [2.45, 2.75) is 58.7 Å². The first kappa shape index (κ1) is 14.9. The summed E-state index contributed by atoms with van der Waals surface area (Å²) in [5, 5.41) is 3.54. The number of nitrogens with zero attached hydrogens (tertiary/aromatic N) is 1. The summed E-state index contributed by atoms with van der Waals surface area (Å²) in [7, 11) is 0. The maximum atomic E-state index is 5.73. The van der Waals surface area contributed by atoms with Crippen LogP contribution in [0, 0.1) is 0 Å². The Bertz CT molecular complexity index is 177. The van der Waals surface area contributed by atoms with Crippen LogP contribution in [0.4, 0.5) is 0 Å². The Kier molecular flexibility index (Phi) is 7.82. The first-order valence-electron chi connectivity index (χ1n) is 7.31. The molecule has 0 aromatic rings. The Morgan fingerprint density at radius 2 is 1.76 bits per heavy atom. The van der Waals surface area contributed by atoms with Crippen LogP contribution in [0.3, 0.4) is 0 Å². The van der Waals surface area contributed by atoms with Crippen LogP contribution >= 0.6 is 0 Å². The highest BCUT2D eigenvalue weighted by Gasteiger charge is 2.21. The van der Waals surface area contributed by atoms with Crippen molar-refractivity contribution in [1.29, 1.82) is 0 Å². The van der Waals surface area contributed by atoms with E-state index < -0.39 is 0 Å². The number of nitrogens with one attached hydrogen (secondary N) is 1. The molecule has 0 radical (unpaired) electrons. The zero-order chi connectivity index (χ0) is 12.5. The Balaban J connectivity index is 1.95. The summed E-state index contributed by atoms with van der Waals surface area (Å²) in [4.78, 5) is 2.51. The maximum Gasteiger partial charge on any atom is 0.0678 e. The molecule has 1 aliphatic heterocycles. The van der Waals surface area contributed by atoms with Crippen LogP contribution in [0.2, 0.25) is 0 Å². The molecule has 1 rings (SSSR count). The number of hydrogen-bond donors (Lipinski definition) is 1. The van der Waals surface area contributed by atoms with E-state index in [1.807, 2.05) is 0 Å². The van der Waals surface area contributed by atoms with Gasteiger partial charge in [0.2, 0.25) is 0 Å². The summed E-state index contributed by atoms with van der Waals surface area (Å²) in [6.45, 7) is 12.2. The molecule has 2 atom stereocenters. The Morgan fingerprint density at radius 3 is 2.41 bits per heavy atom. The molecular formula is C14H30N2O. The minimum atomic E-state index is 0.392. The zero-order valence-electron chi connectivity index (χ0n) is 11.9. The smallest absolute Gasteiger partial charge is 0.0678 e. The molecule has 1 saturated heterocycles. The molecule has 0 aromatic heterocycles. The van der Waals surface area contributed by atoms with E-state index in [2.05, 4.69) is 31.0 Å². The lowest BCUT2D eigenvalue weighted by Gasteiger charge is -2.35. The molecule has 0 amide bonds. The monoisotopic (exact) mass is 242 g/mol. The van der Waals surface area contributed by atoms with E-state index in [1.165, 1.54) is 32.2 Å². The van der Waals surface area contributed by atoms with E-state index in [1.54, 1.807) is 0 Å². The lowest BCUT2D eigenvalue weighted by molar-refractivity contribution is -0.0674. The molecule has 17 heavy (non-hydrogen) atoms. The molecule has 1 fully saturated rings. The summed E-state index contributed by atoms with van der Waals surface area (Å²) < 4.78 is 5.73. The Labute approximate surface area is 107 Å². The van der Waals surface area contributed by atoms with E-state index >= 15 is 0 Å². The molecule has 0 spiro atoms. The summed E-state index contributed by atoms with van der Waals surface area (Å²) >= 11 is 0. The third-order valence-corrected chi connectivity index (χ3v) is 3.31. The fourth-order valence-electron chi connectivity index (χ4n) is 2.51. The molecule has 0 saturated carbocycles. The second-order valence-corrected chi connectivity index (χ2v) is 5.33. The molecule has 0 bridgehead atoms. The molecule has 102 valence electrons. The topological polar surface area (TPSA) is 24.5 Å². The van der Waals surface area contributed by atoms with Gasteiger partial charge in [0.25, 0.3) is 0 Å². The SMILES string of the molecule is CCCCCCNCCN1C[C@@H](C)O[C@@H](C)C1. The van der Waals surface area contributed by atoms with Crippen LogP contribution in [0.15, 0.2) is 0 Å². The predicted octanol–water partition coefficient (Wildman–Crippen LogP) is 2.27. The van der Waals surface area contributed by atoms with Crippen molar-refractivity contribution in [3.05, 3.63) is 0 Å². The molecule has 1 heterocycles. The normalized spacial score (nSPS) is 26.3. The largest absolute Gasteiger partial charge is 0.373 e. The summed E-state index contributed by atoms with van der Waals surface area (Å²) in [6.07, 6.45) is 6.18. The van der Waals surface area contributed by atoms with Gasteiger partial charge in [-0.2, -0.15) is 0 Å². The minimum Gasteiger partial charge on any atom is -0.373 e. The van der Waals surface area contributed by atoms with Crippen molar-refractivity contribution < 1.29 is 4.74 Å². The van der Waals surface area contributed by atoms with Gasteiger partial charge in [0.15, 0.2) is 0 Å². The molecule has 1 aliphatic rings. The highest BCUT2D eigenvalue weighted by Crippen LogP contribution is 2.09. The predicted molar refractivity (Wildman–Crippen MR) is 73.5 cm³/mol. The second-order valence-electron chi connectivity index (χ2n) is 5.33. The van der Waals surface area contributed by atoms with Crippen molar-refractivity contribution in [3.63, 3.8) is 0 Å². The molecule has 1 N–H and O–H groups in total. The molecule has 0 aromatic carbocycles. The first-order valence-corrected chi connectivity index (χ1v) is 7.31. The van der Waals surface area contributed by atoms with Gasteiger partial charge in [0.1, 0.15) is 0 Å². The molecule has 0 unspecified atom stereocenters. The van der Waals surface area contributed by atoms with Crippen LogP contribution in [0.1, 0.15) is 46.5 Å². The summed E-state index contributed by atoms with van der Waals surface area (Å²) in [6, 6.07) is 0. The van der Waals surface area contributed by atoms with Crippen LogP contribution < -0.4 is 5.32 Å². The average Bonchev–Trinajstić information content (AvgIpc) is 2.26. The van der Waals surface area contributed by atoms with Gasteiger partial charge in [-0.05, 0) is 26.8 Å². The van der Waals surface area contributed by atoms with Gasteiger partial charge in [-0.3, -0.25) is 4.90 Å². The van der Waals surface area contributed by atoms with Crippen LogP contribution in [-0.4, -0.2) is 49.8 Å². The summed E-state index contributed by atoms with van der Waals surface area (Å²) in [5.74, 6) is 0. The lowest BCUT2D eigenvalue weighted by atomic mass is 10.2. The van der Waals surface area contributed by atoms with Gasteiger partial charge in [0.05, 0.1) is 12.2 Å². The quantitative estimate of drug-likeness (QED) is 0.661. The molecule has 0 aliphatic carbocycles. The Morgan fingerprint density at radius 1 is 1.06 bits per heavy atom. The highest BCUT2D eigenvalue weighted by atomic mass is 16.5. The van der Waals surface area contributed by atoms with Crippen molar-refractivity contribution in [2.24, 2.45) is 0 Å². The van der Waals surface area contributed by atoms with Gasteiger partial charge in [-0.1, -0.05) is 26.2 Å². The number of morpholine rings is 1. The Hall–Kier alpha value is -0.120. The van der Waals surface area contributed by atoms with E-state index in [-0.39, 0.29) is 0 Å². The fraction of sp³-hybridized carbons (Fsp3) is 1.00. The number of hydrogen-bond acceptors (Lipinski definition) is 3. The minimum absolute atomic E-state index is 0.392. The molecule has 3 heteroatoms. The number of rotatable bonds is 8. The van der Waals surface area contributed by atoms with Crippen LogP contribution in [0.5, 0.6) is 0 Å². The maximum absolute atomic E-state index is 5.73. The number of unbranched alkanes of at least 4 members (excludes halogenated alkanes) is 3. The average molecular weight is 242 g/mol. The van der Waals surface area contributed by atoms with E-state index in [4.69, 9.17) is 4.74 Å². The van der Waals surface area contributed by atoms with Crippen LogP contribution in [-0.2, 0) is 4.74 Å². The van der Waals surface area contributed by atoms with Crippen molar-refractivity contribution >= 4 is 0 Å². The van der Waals surface area contributed by atoms with E-state index in [9.17, 15) is 0 Å². The van der Waals surface area contributed by atoms with E-state index in [0.717, 1.165) is 26.2 Å². The zero-order valence-corrected chi connectivity index (χ0v) is 11.9. The third kappa shape index (κ3) is 7.02.